The molecule has 4 heteroatoms. The molecule has 1 amide bonds. The summed E-state index contributed by atoms with van der Waals surface area (Å²) in [7, 11) is 0. The van der Waals surface area contributed by atoms with Crippen molar-refractivity contribution in [1.29, 1.82) is 0 Å². The predicted molar refractivity (Wildman–Crippen MR) is 93.4 cm³/mol. The average molecular weight is 325 g/mol. The van der Waals surface area contributed by atoms with Crippen LogP contribution in [0.15, 0.2) is 42.5 Å². The molecule has 0 bridgehead atoms. The molecule has 1 N–H and O–H groups in total. The number of para-hydroxylation sites is 2. The van der Waals surface area contributed by atoms with E-state index >= 15 is 0 Å². The van der Waals surface area contributed by atoms with E-state index < -0.39 is 6.10 Å². The van der Waals surface area contributed by atoms with E-state index in [-0.39, 0.29) is 12.5 Å². The first-order valence-corrected chi connectivity index (χ1v) is 8.48. The first kappa shape index (κ1) is 16.4. The molecule has 1 atom stereocenters. The van der Waals surface area contributed by atoms with Crippen molar-refractivity contribution in [3.63, 3.8) is 0 Å². The van der Waals surface area contributed by atoms with Crippen LogP contribution in [-0.2, 0) is 24.2 Å². The number of hydrogen-bond acceptors (Lipinski definition) is 3. The number of hydrogen-bond donors (Lipinski definition) is 1. The number of rotatable bonds is 5. The summed E-state index contributed by atoms with van der Waals surface area (Å²) in [6, 6.07) is 13.9. The second-order valence-electron chi connectivity index (χ2n) is 5.89. The van der Waals surface area contributed by atoms with Crippen molar-refractivity contribution in [1.82, 2.24) is 5.32 Å². The van der Waals surface area contributed by atoms with Gasteiger partial charge in [-0.3, -0.25) is 4.79 Å². The summed E-state index contributed by atoms with van der Waals surface area (Å²) in [4.78, 5) is 12.4. The molecule has 0 saturated heterocycles. The van der Waals surface area contributed by atoms with Crippen molar-refractivity contribution < 1.29 is 14.3 Å². The summed E-state index contributed by atoms with van der Waals surface area (Å²) in [6.07, 6.45) is 1.33. The van der Waals surface area contributed by atoms with E-state index in [1.165, 1.54) is 16.7 Å². The van der Waals surface area contributed by atoms with Crippen LogP contribution in [-0.4, -0.2) is 18.6 Å². The van der Waals surface area contributed by atoms with Crippen molar-refractivity contribution in [3.05, 3.63) is 59.2 Å². The van der Waals surface area contributed by atoms with E-state index in [0.717, 1.165) is 12.8 Å². The van der Waals surface area contributed by atoms with Gasteiger partial charge in [-0.05, 0) is 41.7 Å². The summed E-state index contributed by atoms with van der Waals surface area (Å²) >= 11 is 0. The molecule has 1 aliphatic rings. The van der Waals surface area contributed by atoms with Crippen molar-refractivity contribution in [2.45, 2.75) is 39.3 Å². The Labute approximate surface area is 142 Å². The lowest BCUT2D eigenvalue weighted by molar-refractivity contribution is -0.130. The fourth-order valence-corrected chi connectivity index (χ4v) is 2.85. The second kappa shape index (κ2) is 7.39. The van der Waals surface area contributed by atoms with Crippen molar-refractivity contribution in [2.75, 3.05) is 6.61 Å². The number of carbonyl (C=O) groups excluding carboxylic acids is 1. The van der Waals surface area contributed by atoms with Crippen LogP contribution in [0.1, 0.15) is 30.5 Å². The molecule has 1 aliphatic heterocycles. The monoisotopic (exact) mass is 325 g/mol. The van der Waals surface area contributed by atoms with E-state index in [2.05, 4.69) is 37.4 Å². The summed E-state index contributed by atoms with van der Waals surface area (Å²) < 4.78 is 11.4. The third-order valence-electron chi connectivity index (χ3n) is 4.31. The van der Waals surface area contributed by atoms with Gasteiger partial charge >= 0.3 is 0 Å². The van der Waals surface area contributed by atoms with Gasteiger partial charge in [0.25, 0.3) is 5.91 Å². The zero-order chi connectivity index (χ0) is 16.9. The zero-order valence-electron chi connectivity index (χ0n) is 14.2. The van der Waals surface area contributed by atoms with Gasteiger partial charge in [-0.25, -0.2) is 0 Å². The van der Waals surface area contributed by atoms with Crippen LogP contribution in [0.3, 0.4) is 0 Å². The molecule has 0 fully saturated rings. The molecule has 0 spiro atoms. The Kier molecular flexibility index (Phi) is 5.04. The number of amides is 1. The first-order chi connectivity index (χ1) is 11.7. The van der Waals surface area contributed by atoms with Gasteiger partial charge in [0.1, 0.15) is 6.61 Å². The molecule has 0 saturated carbocycles. The summed E-state index contributed by atoms with van der Waals surface area (Å²) in [5, 5.41) is 2.98. The molecular formula is C20H23NO3. The van der Waals surface area contributed by atoms with Gasteiger partial charge in [0.05, 0.1) is 0 Å². The van der Waals surface area contributed by atoms with E-state index in [4.69, 9.17) is 9.47 Å². The molecule has 0 aromatic heterocycles. The highest BCUT2D eigenvalue weighted by Crippen LogP contribution is 2.30. The van der Waals surface area contributed by atoms with Crippen LogP contribution in [0, 0.1) is 0 Å². The number of aryl methyl sites for hydroxylation is 2. The fourth-order valence-electron chi connectivity index (χ4n) is 2.85. The third kappa shape index (κ3) is 3.53. The molecule has 2 aromatic rings. The minimum Gasteiger partial charge on any atom is -0.485 e. The lowest BCUT2D eigenvalue weighted by Crippen LogP contribution is -2.43. The Balaban J connectivity index is 1.64. The zero-order valence-corrected chi connectivity index (χ0v) is 14.2. The summed E-state index contributed by atoms with van der Waals surface area (Å²) in [6.45, 7) is 5.01. The van der Waals surface area contributed by atoms with Crippen LogP contribution >= 0.6 is 0 Å². The minimum absolute atomic E-state index is 0.145. The van der Waals surface area contributed by atoms with Gasteiger partial charge < -0.3 is 14.8 Å². The molecule has 3 rings (SSSR count). The molecule has 0 unspecified atom stereocenters. The van der Waals surface area contributed by atoms with E-state index in [1.807, 2.05) is 24.3 Å². The van der Waals surface area contributed by atoms with Gasteiger partial charge in [-0.15, -0.1) is 0 Å². The molecule has 24 heavy (non-hydrogen) atoms. The van der Waals surface area contributed by atoms with Gasteiger partial charge in [0, 0.05) is 6.54 Å². The predicted octanol–water partition coefficient (Wildman–Crippen LogP) is 3.27. The molecule has 0 aliphatic carbocycles. The number of benzene rings is 2. The highest BCUT2D eigenvalue weighted by atomic mass is 16.6. The lowest BCUT2D eigenvalue weighted by atomic mass is 10.0. The van der Waals surface area contributed by atoms with Crippen LogP contribution in [0.25, 0.3) is 0 Å². The largest absolute Gasteiger partial charge is 0.485 e. The van der Waals surface area contributed by atoms with E-state index in [9.17, 15) is 4.79 Å². The van der Waals surface area contributed by atoms with Crippen LogP contribution in [0.5, 0.6) is 11.5 Å². The highest BCUT2D eigenvalue weighted by Gasteiger charge is 2.27. The number of carbonyl (C=O) groups is 1. The Morgan fingerprint density at radius 3 is 2.62 bits per heavy atom. The molecular weight excluding hydrogens is 302 g/mol. The number of nitrogens with one attached hydrogen (secondary N) is 1. The molecule has 2 aromatic carbocycles. The topological polar surface area (TPSA) is 47.6 Å². The Morgan fingerprint density at radius 1 is 1.08 bits per heavy atom. The van der Waals surface area contributed by atoms with E-state index in [0.29, 0.717) is 18.0 Å². The van der Waals surface area contributed by atoms with Crippen LogP contribution in [0.4, 0.5) is 0 Å². The maximum absolute atomic E-state index is 12.4. The Morgan fingerprint density at radius 2 is 1.88 bits per heavy atom. The highest BCUT2D eigenvalue weighted by molar-refractivity contribution is 5.81. The second-order valence-corrected chi connectivity index (χ2v) is 5.89. The molecule has 4 nitrogen and oxygen atoms in total. The van der Waals surface area contributed by atoms with Gasteiger partial charge in [0.15, 0.2) is 11.5 Å². The molecule has 126 valence electrons. The number of ether oxygens (including phenoxy) is 2. The summed E-state index contributed by atoms with van der Waals surface area (Å²) in [5.41, 5.74) is 3.71. The maximum atomic E-state index is 12.4. The third-order valence-corrected chi connectivity index (χ3v) is 4.31. The molecule has 1 heterocycles. The van der Waals surface area contributed by atoms with Gasteiger partial charge in [0.2, 0.25) is 6.10 Å². The van der Waals surface area contributed by atoms with E-state index in [1.54, 1.807) is 0 Å². The smallest absolute Gasteiger partial charge is 0.264 e. The Hall–Kier alpha value is -2.49. The van der Waals surface area contributed by atoms with Crippen LogP contribution < -0.4 is 14.8 Å². The first-order valence-electron chi connectivity index (χ1n) is 8.48. The van der Waals surface area contributed by atoms with Crippen LogP contribution in [0.2, 0.25) is 0 Å². The fraction of sp³-hybridized carbons (Fsp3) is 0.350. The Bertz CT molecular complexity index is 727. The lowest BCUT2D eigenvalue weighted by Gasteiger charge is -2.25. The minimum atomic E-state index is -0.612. The standard InChI is InChI=1S/C20H23NO3/c1-3-14-9-10-15(4-2)16(11-14)12-21-20(22)19-13-23-17-7-5-6-8-18(17)24-19/h5-11,19H,3-4,12-13H2,1-2H3,(H,21,22)/t19-/m1/s1. The quantitative estimate of drug-likeness (QED) is 0.918. The number of fused-ring (bicyclic) bond motifs is 1. The van der Waals surface area contributed by atoms with Crippen molar-refractivity contribution >= 4 is 5.91 Å². The average Bonchev–Trinajstić information content (AvgIpc) is 2.65. The van der Waals surface area contributed by atoms with Crippen molar-refractivity contribution in [3.8, 4) is 11.5 Å². The SMILES string of the molecule is CCc1ccc(CC)c(CNC(=O)[C@H]2COc3ccccc3O2)c1. The van der Waals surface area contributed by atoms with Gasteiger partial charge in [-0.2, -0.15) is 0 Å². The normalized spacial score (nSPS) is 15.8. The maximum Gasteiger partial charge on any atom is 0.264 e. The van der Waals surface area contributed by atoms with Gasteiger partial charge in [-0.1, -0.05) is 44.2 Å². The van der Waals surface area contributed by atoms with Crippen molar-refractivity contribution in [2.24, 2.45) is 0 Å². The molecule has 0 radical (unpaired) electrons. The summed E-state index contributed by atoms with van der Waals surface area (Å²) in [5.74, 6) is 1.16.